The maximum Gasteiger partial charge on any atom is 0.391 e. The van der Waals surface area contributed by atoms with Crippen molar-refractivity contribution in [2.75, 3.05) is 0 Å². The molecule has 0 spiro atoms. The van der Waals surface area contributed by atoms with E-state index in [2.05, 4.69) is 15.1 Å². The van der Waals surface area contributed by atoms with Gasteiger partial charge < -0.3 is 4.98 Å². The van der Waals surface area contributed by atoms with Crippen LogP contribution in [0.5, 0.6) is 0 Å². The number of para-hydroxylation sites is 1. The highest BCUT2D eigenvalue weighted by Crippen LogP contribution is 2.28. The number of nitrogens with one attached hydrogen (secondary N) is 1. The number of rotatable bonds is 3. The molecule has 0 aliphatic heterocycles. The number of fused-ring (bicyclic) bond motifs is 1. The summed E-state index contributed by atoms with van der Waals surface area (Å²) in [5.41, 5.74) is 0.568. The highest BCUT2D eigenvalue weighted by atomic mass is 35.5. The molecule has 0 bridgehead atoms. The Morgan fingerprint density at radius 1 is 1.32 bits per heavy atom. The van der Waals surface area contributed by atoms with Crippen molar-refractivity contribution in [1.82, 2.24) is 19.7 Å². The molecule has 2 aromatic heterocycles. The molecule has 2 heterocycles. The summed E-state index contributed by atoms with van der Waals surface area (Å²) in [6, 6.07) is 6.82. The fraction of sp³-hybridized carbons (Fsp3) is 0.312. The number of nitrogens with zero attached hydrogens (tertiary/aromatic N) is 3. The van der Waals surface area contributed by atoms with Crippen molar-refractivity contribution in [1.29, 1.82) is 0 Å². The van der Waals surface area contributed by atoms with Gasteiger partial charge in [-0.15, -0.1) is 0 Å². The second-order valence-electron chi connectivity index (χ2n) is 5.81. The molecule has 1 aromatic carbocycles. The Morgan fingerprint density at radius 3 is 2.64 bits per heavy atom. The summed E-state index contributed by atoms with van der Waals surface area (Å²) in [6.45, 7) is 2.67. The average molecular weight is 371 g/mol. The molecule has 0 radical (unpaired) electrons. The van der Waals surface area contributed by atoms with E-state index in [1.807, 2.05) is 0 Å². The number of alkyl halides is 3. The molecule has 5 nitrogen and oxygen atoms in total. The van der Waals surface area contributed by atoms with E-state index in [0.717, 1.165) is 6.92 Å². The number of hydrogen-bond donors (Lipinski definition) is 1. The maximum absolute atomic E-state index is 12.8. The predicted octanol–water partition coefficient (Wildman–Crippen LogP) is 3.81. The number of aromatic nitrogens is 4. The first-order valence-electron chi connectivity index (χ1n) is 7.48. The Kier molecular flexibility index (Phi) is 4.32. The van der Waals surface area contributed by atoms with Crippen LogP contribution in [0.2, 0.25) is 5.02 Å². The molecule has 3 aromatic rings. The molecule has 0 saturated carbocycles. The molecule has 1 atom stereocenters. The van der Waals surface area contributed by atoms with E-state index in [1.165, 1.54) is 4.68 Å². The van der Waals surface area contributed by atoms with Crippen molar-refractivity contribution in [2.45, 2.75) is 26.4 Å². The monoisotopic (exact) mass is 370 g/mol. The van der Waals surface area contributed by atoms with E-state index in [4.69, 9.17) is 11.6 Å². The molecule has 1 N–H and O–H groups in total. The van der Waals surface area contributed by atoms with Crippen molar-refractivity contribution in [3.8, 4) is 5.69 Å². The number of H-pyrrole nitrogens is 1. The summed E-state index contributed by atoms with van der Waals surface area (Å²) in [4.78, 5) is 19.0. The first-order chi connectivity index (χ1) is 11.7. The molecule has 9 heteroatoms. The van der Waals surface area contributed by atoms with Crippen LogP contribution in [0.3, 0.4) is 0 Å². The second kappa shape index (κ2) is 6.18. The van der Waals surface area contributed by atoms with Gasteiger partial charge in [-0.3, -0.25) is 4.79 Å². The molecule has 132 valence electrons. The van der Waals surface area contributed by atoms with E-state index in [1.54, 1.807) is 31.2 Å². The zero-order valence-electron chi connectivity index (χ0n) is 13.4. The van der Waals surface area contributed by atoms with Crippen molar-refractivity contribution >= 4 is 22.6 Å². The van der Waals surface area contributed by atoms with Crippen LogP contribution in [-0.2, 0) is 6.42 Å². The van der Waals surface area contributed by atoms with Crippen LogP contribution in [0.4, 0.5) is 13.2 Å². The lowest BCUT2D eigenvalue weighted by molar-refractivity contribution is -0.169. The average Bonchev–Trinajstić information content (AvgIpc) is 2.84. The van der Waals surface area contributed by atoms with Crippen LogP contribution in [0, 0.1) is 12.8 Å². The van der Waals surface area contributed by atoms with E-state index >= 15 is 0 Å². The summed E-state index contributed by atoms with van der Waals surface area (Å²) < 4.78 is 39.8. The van der Waals surface area contributed by atoms with Gasteiger partial charge in [0.15, 0.2) is 5.65 Å². The standard InChI is InChI=1S/C16H14ClF3N4O/c1-8(16(18,19)20)7-12-21-14-13(15(25)22-12)9(2)23-24(14)11-6-4-3-5-10(11)17/h3-6,8H,7H2,1-2H3,(H,21,22,25)/t8-/m1/s1. The third kappa shape index (κ3) is 3.26. The Balaban J connectivity index is 2.18. The number of aryl methyl sites for hydroxylation is 1. The molecule has 0 aliphatic rings. The largest absolute Gasteiger partial charge is 0.391 e. The van der Waals surface area contributed by atoms with Gasteiger partial charge in [-0.2, -0.15) is 18.3 Å². The molecule has 0 saturated heterocycles. The SMILES string of the molecule is Cc1nn(-c2ccccc2Cl)c2nc(C[C@@H](C)C(F)(F)F)[nH]c(=O)c12. The lowest BCUT2D eigenvalue weighted by Crippen LogP contribution is -2.24. The molecule has 0 amide bonds. The normalized spacial score (nSPS) is 13.4. The highest BCUT2D eigenvalue weighted by molar-refractivity contribution is 6.32. The molecular formula is C16H14ClF3N4O. The summed E-state index contributed by atoms with van der Waals surface area (Å²) in [5, 5.41) is 4.89. The van der Waals surface area contributed by atoms with E-state index < -0.39 is 24.1 Å². The maximum atomic E-state index is 12.8. The van der Waals surface area contributed by atoms with Crippen molar-refractivity contribution in [3.05, 3.63) is 51.2 Å². The fourth-order valence-electron chi connectivity index (χ4n) is 2.53. The number of benzene rings is 1. The van der Waals surface area contributed by atoms with Gasteiger partial charge in [-0.25, -0.2) is 9.67 Å². The molecule has 25 heavy (non-hydrogen) atoms. The lowest BCUT2D eigenvalue weighted by atomic mass is 10.1. The second-order valence-corrected chi connectivity index (χ2v) is 6.21. The Labute approximate surface area is 145 Å². The van der Waals surface area contributed by atoms with Gasteiger partial charge in [0.1, 0.15) is 11.2 Å². The predicted molar refractivity (Wildman–Crippen MR) is 88.2 cm³/mol. The molecule has 0 unspecified atom stereocenters. The van der Waals surface area contributed by atoms with Crippen LogP contribution >= 0.6 is 11.6 Å². The summed E-state index contributed by atoms with van der Waals surface area (Å²) in [6.07, 6.45) is -4.80. The van der Waals surface area contributed by atoms with Gasteiger partial charge in [0.2, 0.25) is 0 Å². The first-order valence-corrected chi connectivity index (χ1v) is 7.86. The van der Waals surface area contributed by atoms with Gasteiger partial charge >= 0.3 is 6.18 Å². The van der Waals surface area contributed by atoms with E-state index in [-0.39, 0.29) is 16.9 Å². The Hall–Kier alpha value is -2.35. The van der Waals surface area contributed by atoms with Gasteiger partial charge in [-0.1, -0.05) is 30.7 Å². The van der Waals surface area contributed by atoms with Gasteiger partial charge in [-0.05, 0) is 19.1 Å². The van der Waals surface area contributed by atoms with Gasteiger partial charge in [0.05, 0.1) is 22.3 Å². The zero-order chi connectivity index (χ0) is 18.4. The number of hydrogen-bond acceptors (Lipinski definition) is 3. The van der Waals surface area contributed by atoms with Crippen LogP contribution in [0.15, 0.2) is 29.1 Å². The topological polar surface area (TPSA) is 63.6 Å². The van der Waals surface area contributed by atoms with Crippen molar-refractivity contribution in [3.63, 3.8) is 0 Å². The minimum absolute atomic E-state index is 0.0458. The first kappa shape index (κ1) is 17.5. The van der Waals surface area contributed by atoms with Crippen LogP contribution in [0.25, 0.3) is 16.7 Å². The quantitative estimate of drug-likeness (QED) is 0.762. The summed E-state index contributed by atoms with van der Waals surface area (Å²) in [5.74, 6) is -1.68. The zero-order valence-corrected chi connectivity index (χ0v) is 14.1. The van der Waals surface area contributed by atoms with Crippen LogP contribution in [-0.4, -0.2) is 25.9 Å². The highest BCUT2D eigenvalue weighted by Gasteiger charge is 2.36. The summed E-state index contributed by atoms with van der Waals surface area (Å²) in [7, 11) is 0. The minimum atomic E-state index is -4.37. The smallest absolute Gasteiger partial charge is 0.310 e. The van der Waals surface area contributed by atoms with E-state index in [0.29, 0.717) is 16.4 Å². The molecule has 0 fully saturated rings. The summed E-state index contributed by atoms with van der Waals surface area (Å²) >= 11 is 6.17. The lowest BCUT2D eigenvalue weighted by Gasteiger charge is -2.14. The van der Waals surface area contributed by atoms with Crippen LogP contribution in [0.1, 0.15) is 18.4 Å². The van der Waals surface area contributed by atoms with Crippen LogP contribution < -0.4 is 5.56 Å². The Bertz CT molecular complexity index is 993. The van der Waals surface area contributed by atoms with Crippen molar-refractivity contribution in [2.24, 2.45) is 5.92 Å². The Morgan fingerprint density at radius 2 is 2.00 bits per heavy atom. The van der Waals surface area contributed by atoms with Gasteiger partial charge in [0, 0.05) is 6.42 Å². The van der Waals surface area contributed by atoms with E-state index in [9.17, 15) is 18.0 Å². The minimum Gasteiger partial charge on any atom is -0.310 e. The third-order valence-corrected chi connectivity index (χ3v) is 4.22. The van der Waals surface area contributed by atoms with Crippen molar-refractivity contribution < 1.29 is 13.2 Å². The molecule has 0 aliphatic carbocycles. The van der Waals surface area contributed by atoms with Gasteiger partial charge in [0.25, 0.3) is 5.56 Å². The third-order valence-electron chi connectivity index (χ3n) is 3.90. The number of halogens is 4. The fourth-order valence-corrected chi connectivity index (χ4v) is 2.74. The number of aromatic amines is 1. The molecular weight excluding hydrogens is 357 g/mol. The molecule has 3 rings (SSSR count).